The fourth-order valence-electron chi connectivity index (χ4n) is 3.00. The monoisotopic (exact) mass is 390 g/mol. The van der Waals surface area contributed by atoms with E-state index < -0.39 is 5.25 Å². The lowest BCUT2D eigenvalue weighted by atomic mass is 10.1. The van der Waals surface area contributed by atoms with Crippen LogP contribution >= 0.6 is 11.8 Å². The van der Waals surface area contributed by atoms with Crippen LogP contribution in [-0.4, -0.2) is 28.7 Å². The van der Waals surface area contributed by atoms with Crippen LogP contribution in [-0.2, 0) is 9.59 Å². The van der Waals surface area contributed by atoms with E-state index in [2.05, 4.69) is 10.3 Å². The number of hydrogen-bond donors (Lipinski definition) is 1. The second-order valence-corrected chi connectivity index (χ2v) is 7.61. The summed E-state index contributed by atoms with van der Waals surface area (Å²) in [4.78, 5) is 28.7. The first-order valence-electron chi connectivity index (χ1n) is 8.92. The summed E-state index contributed by atoms with van der Waals surface area (Å²) in [5.41, 5.74) is 0.743. The predicted octanol–water partition coefficient (Wildman–Crippen LogP) is 4.29. The van der Waals surface area contributed by atoms with E-state index in [9.17, 15) is 9.59 Å². The molecule has 0 saturated heterocycles. The fraction of sp³-hybridized carbons (Fsp3) is 0.136. The molecule has 3 aromatic rings. The Hall–Kier alpha value is -3.12. The molecule has 1 N–H and O–H groups in total. The van der Waals surface area contributed by atoms with Crippen LogP contribution in [0.2, 0.25) is 0 Å². The molecule has 0 aliphatic carbocycles. The topological polar surface area (TPSA) is 67.8 Å². The van der Waals surface area contributed by atoms with Crippen LogP contribution in [0.1, 0.15) is 6.42 Å². The third kappa shape index (κ3) is 4.23. The highest BCUT2D eigenvalue weighted by Crippen LogP contribution is 2.27. The van der Waals surface area contributed by atoms with Crippen molar-refractivity contribution < 1.29 is 14.3 Å². The molecule has 4 rings (SSSR count). The van der Waals surface area contributed by atoms with E-state index in [-0.39, 0.29) is 24.8 Å². The molecule has 2 amide bonds. The molecule has 6 heteroatoms. The second-order valence-electron chi connectivity index (χ2n) is 6.33. The van der Waals surface area contributed by atoms with Crippen molar-refractivity contribution in [3.05, 3.63) is 72.8 Å². The van der Waals surface area contributed by atoms with E-state index in [0.717, 1.165) is 22.2 Å². The highest BCUT2D eigenvalue weighted by atomic mass is 32.2. The molecule has 5 nitrogen and oxygen atoms in total. The summed E-state index contributed by atoms with van der Waals surface area (Å²) in [6.45, 7) is 0.224. The van der Waals surface area contributed by atoms with Gasteiger partial charge >= 0.3 is 0 Å². The molecule has 1 aliphatic heterocycles. The van der Waals surface area contributed by atoms with Gasteiger partial charge in [-0.2, -0.15) is 0 Å². The molecule has 0 unspecified atom stereocenters. The van der Waals surface area contributed by atoms with Crippen molar-refractivity contribution in [3.63, 3.8) is 0 Å². The van der Waals surface area contributed by atoms with Gasteiger partial charge in [-0.05, 0) is 23.6 Å². The summed E-state index contributed by atoms with van der Waals surface area (Å²) in [6.07, 6.45) is 0.0745. The molecule has 0 aromatic heterocycles. The molecule has 3 aromatic carbocycles. The van der Waals surface area contributed by atoms with Gasteiger partial charge in [0.1, 0.15) is 22.7 Å². The minimum absolute atomic E-state index is 0.0745. The average molecular weight is 390 g/mol. The standard InChI is InChI=1S/C22H18N2O3S/c25-20(23-18-12-6-8-15-7-4-5-11-17(15)18)13-19-22(26)24-21(28-19)14-27-16-9-2-1-3-10-16/h1-12,19H,13-14H2,(H,23,25)/t19-/m1/s1. The molecule has 0 saturated carbocycles. The Labute approximate surface area is 166 Å². The number of para-hydroxylation sites is 1. The quantitative estimate of drug-likeness (QED) is 0.682. The van der Waals surface area contributed by atoms with Crippen molar-refractivity contribution in [2.75, 3.05) is 11.9 Å². The Bertz CT molecular complexity index is 1040. The molecule has 1 heterocycles. The van der Waals surface area contributed by atoms with Gasteiger partial charge in [-0.3, -0.25) is 9.59 Å². The van der Waals surface area contributed by atoms with Crippen LogP contribution in [0.5, 0.6) is 5.75 Å². The van der Waals surface area contributed by atoms with E-state index in [4.69, 9.17) is 4.74 Å². The van der Waals surface area contributed by atoms with Gasteiger partial charge in [-0.1, -0.05) is 66.4 Å². The number of nitrogens with zero attached hydrogens (tertiary/aromatic N) is 1. The van der Waals surface area contributed by atoms with Gasteiger partial charge in [0.2, 0.25) is 5.91 Å². The number of carbonyl (C=O) groups is 2. The van der Waals surface area contributed by atoms with Crippen molar-refractivity contribution in [2.45, 2.75) is 11.7 Å². The SMILES string of the molecule is O=C(C[C@H]1SC(COc2ccccc2)=NC1=O)Nc1cccc2ccccc12. The van der Waals surface area contributed by atoms with Gasteiger partial charge in [0.05, 0.1) is 0 Å². The first kappa shape index (κ1) is 18.3. The molecule has 0 bridgehead atoms. The number of hydrogen-bond acceptors (Lipinski definition) is 4. The van der Waals surface area contributed by atoms with Crippen molar-refractivity contribution in [1.82, 2.24) is 0 Å². The molecule has 0 fully saturated rings. The maximum atomic E-state index is 12.5. The van der Waals surface area contributed by atoms with Crippen LogP contribution < -0.4 is 10.1 Å². The Morgan fingerprint density at radius 2 is 1.75 bits per heavy atom. The number of anilines is 1. The van der Waals surface area contributed by atoms with Gasteiger partial charge in [0.25, 0.3) is 5.91 Å². The third-order valence-electron chi connectivity index (χ3n) is 4.33. The number of rotatable bonds is 6. The number of aliphatic imine (C=N–C) groups is 1. The lowest BCUT2D eigenvalue weighted by molar-refractivity contribution is -0.121. The van der Waals surface area contributed by atoms with E-state index >= 15 is 0 Å². The summed E-state index contributed by atoms with van der Waals surface area (Å²) < 4.78 is 5.63. The van der Waals surface area contributed by atoms with Crippen LogP contribution in [0, 0.1) is 0 Å². The number of carbonyl (C=O) groups excluding carboxylic acids is 2. The number of benzene rings is 3. The van der Waals surface area contributed by atoms with Crippen molar-refractivity contribution in [2.24, 2.45) is 4.99 Å². The Morgan fingerprint density at radius 1 is 1.00 bits per heavy atom. The molecule has 140 valence electrons. The zero-order valence-corrected chi connectivity index (χ0v) is 15.8. The number of thioether (sulfide) groups is 1. The normalized spacial score (nSPS) is 16.1. The minimum atomic E-state index is -0.510. The summed E-state index contributed by atoms with van der Waals surface area (Å²) in [5, 5.41) is 5.02. The largest absolute Gasteiger partial charge is 0.487 e. The average Bonchev–Trinajstić information content (AvgIpc) is 3.06. The first-order chi connectivity index (χ1) is 13.7. The summed E-state index contributed by atoms with van der Waals surface area (Å²) in [6, 6.07) is 22.9. The molecule has 0 radical (unpaired) electrons. The highest BCUT2D eigenvalue weighted by molar-refractivity contribution is 8.15. The lowest BCUT2D eigenvalue weighted by Crippen LogP contribution is -2.21. The van der Waals surface area contributed by atoms with Gasteiger partial charge in [-0.25, -0.2) is 4.99 Å². The van der Waals surface area contributed by atoms with Crippen molar-refractivity contribution >= 4 is 45.1 Å². The number of amides is 2. The molecule has 1 atom stereocenters. The number of ether oxygens (including phenoxy) is 1. The lowest BCUT2D eigenvalue weighted by Gasteiger charge is -2.11. The molecule has 1 aliphatic rings. The van der Waals surface area contributed by atoms with Gasteiger partial charge in [-0.15, -0.1) is 0 Å². The maximum Gasteiger partial charge on any atom is 0.260 e. The summed E-state index contributed by atoms with van der Waals surface area (Å²) >= 11 is 1.30. The van der Waals surface area contributed by atoms with E-state index in [1.54, 1.807) is 0 Å². The Kier molecular flexibility index (Phi) is 5.39. The van der Waals surface area contributed by atoms with E-state index in [0.29, 0.717) is 5.04 Å². The number of fused-ring (bicyclic) bond motifs is 1. The Balaban J connectivity index is 1.34. The first-order valence-corrected chi connectivity index (χ1v) is 9.80. The molecular weight excluding hydrogens is 372 g/mol. The van der Waals surface area contributed by atoms with Crippen molar-refractivity contribution in [1.29, 1.82) is 0 Å². The number of nitrogens with one attached hydrogen (secondary N) is 1. The third-order valence-corrected chi connectivity index (χ3v) is 5.46. The molecule has 0 spiro atoms. The van der Waals surface area contributed by atoms with E-state index in [1.165, 1.54) is 11.8 Å². The van der Waals surface area contributed by atoms with Gasteiger partial charge in [0, 0.05) is 17.5 Å². The zero-order chi connectivity index (χ0) is 19.3. The minimum Gasteiger partial charge on any atom is -0.487 e. The van der Waals surface area contributed by atoms with E-state index in [1.807, 2.05) is 72.8 Å². The van der Waals surface area contributed by atoms with Gasteiger partial charge < -0.3 is 10.1 Å². The molecule has 28 heavy (non-hydrogen) atoms. The van der Waals surface area contributed by atoms with Crippen molar-refractivity contribution in [3.8, 4) is 5.75 Å². The fourth-order valence-corrected chi connectivity index (χ4v) is 3.98. The maximum absolute atomic E-state index is 12.5. The zero-order valence-electron chi connectivity index (χ0n) is 15.0. The Morgan fingerprint density at radius 3 is 2.61 bits per heavy atom. The van der Waals surface area contributed by atoms with Gasteiger partial charge in [0.15, 0.2) is 0 Å². The highest BCUT2D eigenvalue weighted by Gasteiger charge is 2.30. The van der Waals surface area contributed by atoms with Crippen LogP contribution in [0.15, 0.2) is 77.8 Å². The smallest absolute Gasteiger partial charge is 0.260 e. The second kappa shape index (κ2) is 8.27. The van der Waals surface area contributed by atoms with Crippen LogP contribution in [0.4, 0.5) is 5.69 Å². The predicted molar refractivity (Wildman–Crippen MR) is 113 cm³/mol. The van der Waals surface area contributed by atoms with Crippen LogP contribution in [0.3, 0.4) is 0 Å². The summed E-state index contributed by atoms with van der Waals surface area (Å²) in [5.74, 6) is 0.225. The summed E-state index contributed by atoms with van der Waals surface area (Å²) in [7, 11) is 0. The molecular formula is C22H18N2O3S. The van der Waals surface area contributed by atoms with Crippen LogP contribution in [0.25, 0.3) is 10.8 Å².